The van der Waals surface area contributed by atoms with E-state index in [2.05, 4.69) is 0 Å². The molecule has 1 aliphatic heterocycles. The van der Waals surface area contributed by atoms with Crippen LogP contribution in [0.5, 0.6) is 5.75 Å². The van der Waals surface area contributed by atoms with E-state index in [-0.39, 0.29) is 11.7 Å². The van der Waals surface area contributed by atoms with E-state index in [1.807, 2.05) is 17.8 Å². The molecule has 1 fully saturated rings. The first-order valence-corrected chi connectivity index (χ1v) is 6.48. The minimum absolute atomic E-state index is 0.209. The summed E-state index contributed by atoms with van der Waals surface area (Å²) in [5, 5.41) is 19.8. The molecule has 2 rings (SSSR count). The highest BCUT2D eigenvalue weighted by atomic mass is 32.2. The molecule has 82 valence electrons. The van der Waals surface area contributed by atoms with Crippen LogP contribution in [0.15, 0.2) is 24.3 Å². The Hall–Kier alpha value is -0.670. The van der Waals surface area contributed by atoms with Gasteiger partial charge in [0.2, 0.25) is 0 Å². The normalized spacial score (nSPS) is 23.7. The fourth-order valence-electron chi connectivity index (χ4n) is 2.01. The van der Waals surface area contributed by atoms with Crippen molar-refractivity contribution in [1.29, 1.82) is 0 Å². The highest BCUT2D eigenvalue weighted by Crippen LogP contribution is 2.36. The lowest BCUT2D eigenvalue weighted by Gasteiger charge is -2.26. The molecule has 0 spiro atoms. The molecule has 2 nitrogen and oxygen atoms in total. The predicted octanol–water partition coefficient (Wildman–Crippen LogP) is 2.57. The number of phenols is 1. The van der Waals surface area contributed by atoms with Gasteiger partial charge in [-0.05, 0) is 36.3 Å². The summed E-state index contributed by atoms with van der Waals surface area (Å²) < 4.78 is 0. The zero-order chi connectivity index (χ0) is 10.7. The van der Waals surface area contributed by atoms with E-state index < -0.39 is 6.10 Å². The number of benzene rings is 1. The Labute approximate surface area is 94.3 Å². The quantitative estimate of drug-likeness (QED) is 0.811. The largest absolute Gasteiger partial charge is 0.508 e. The van der Waals surface area contributed by atoms with Crippen molar-refractivity contribution < 1.29 is 10.2 Å². The monoisotopic (exact) mass is 224 g/mol. The smallest absolute Gasteiger partial charge is 0.121 e. The van der Waals surface area contributed by atoms with Crippen molar-refractivity contribution in [2.24, 2.45) is 5.92 Å². The number of phenolic OH excluding ortho intramolecular Hbond substituents is 1. The van der Waals surface area contributed by atoms with Crippen molar-refractivity contribution in [3.8, 4) is 5.75 Å². The maximum atomic E-state index is 10.2. The van der Waals surface area contributed by atoms with E-state index in [0.717, 1.165) is 12.2 Å². The van der Waals surface area contributed by atoms with Crippen LogP contribution in [0.4, 0.5) is 0 Å². The van der Waals surface area contributed by atoms with Gasteiger partial charge in [0, 0.05) is 5.56 Å². The van der Waals surface area contributed by atoms with Gasteiger partial charge in [0.15, 0.2) is 0 Å². The van der Waals surface area contributed by atoms with E-state index in [9.17, 15) is 10.2 Å². The lowest BCUT2D eigenvalue weighted by Crippen LogP contribution is -2.19. The third-order valence-corrected chi connectivity index (χ3v) is 4.14. The van der Waals surface area contributed by atoms with Crippen molar-refractivity contribution >= 4 is 11.8 Å². The van der Waals surface area contributed by atoms with Crippen molar-refractivity contribution in [2.45, 2.75) is 18.9 Å². The van der Waals surface area contributed by atoms with Gasteiger partial charge in [0.05, 0.1) is 6.10 Å². The molecule has 2 unspecified atom stereocenters. The zero-order valence-electron chi connectivity index (χ0n) is 8.60. The molecule has 0 radical (unpaired) electrons. The lowest BCUT2D eigenvalue weighted by molar-refractivity contribution is 0.110. The van der Waals surface area contributed by atoms with Gasteiger partial charge >= 0.3 is 0 Å². The van der Waals surface area contributed by atoms with Gasteiger partial charge in [-0.25, -0.2) is 0 Å². The first kappa shape index (κ1) is 10.8. The van der Waals surface area contributed by atoms with E-state index in [0.29, 0.717) is 5.56 Å². The summed E-state index contributed by atoms with van der Waals surface area (Å²) in [6.07, 6.45) is 1.71. The van der Waals surface area contributed by atoms with Gasteiger partial charge in [0.1, 0.15) is 5.75 Å². The highest BCUT2D eigenvalue weighted by Gasteiger charge is 2.24. The van der Waals surface area contributed by atoms with Crippen LogP contribution in [-0.2, 0) is 0 Å². The van der Waals surface area contributed by atoms with Gasteiger partial charge < -0.3 is 10.2 Å². The molecule has 1 saturated heterocycles. The van der Waals surface area contributed by atoms with Crippen LogP contribution in [0.3, 0.4) is 0 Å². The maximum absolute atomic E-state index is 10.2. The average molecular weight is 224 g/mol. The molecule has 2 N–H and O–H groups in total. The molecule has 1 aliphatic rings. The Kier molecular flexibility index (Phi) is 3.54. The zero-order valence-corrected chi connectivity index (χ0v) is 9.41. The summed E-state index contributed by atoms with van der Waals surface area (Å²) in [6, 6.07) is 7.07. The van der Waals surface area contributed by atoms with Gasteiger partial charge in [-0.3, -0.25) is 0 Å². The molecule has 3 heteroatoms. The number of hydrogen-bond donors (Lipinski definition) is 2. The van der Waals surface area contributed by atoms with Crippen LogP contribution in [0.2, 0.25) is 0 Å². The molecule has 2 atom stereocenters. The van der Waals surface area contributed by atoms with Crippen LogP contribution >= 0.6 is 11.8 Å². The number of para-hydroxylation sites is 1. The van der Waals surface area contributed by atoms with Gasteiger partial charge in [-0.15, -0.1) is 0 Å². The minimum Gasteiger partial charge on any atom is -0.508 e. The lowest BCUT2D eigenvalue weighted by atomic mass is 9.92. The number of aromatic hydroxyl groups is 1. The second kappa shape index (κ2) is 4.90. The molecule has 1 heterocycles. The van der Waals surface area contributed by atoms with Crippen LogP contribution < -0.4 is 0 Å². The highest BCUT2D eigenvalue weighted by molar-refractivity contribution is 7.99. The first-order valence-electron chi connectivity index (χ1n) is 5.33. The van der Waals surface area contributed by atoms with Gasteiger partial charge in [-0.2, -0.15) is 11.8 Å². The molecule has 0 bridgehead atoms. The molecule has 0 amide bonds. The average Bonchev–Trinajstić information content (AvgIpc) is 2.30. The number of hydrogen-bond acceptors (Lipinski definition) is 3. The molecule has 15 heavy (non-hydrogen) atoms. The van der Waals surface area contributed by atoms with Crippen molar-refractivity contribution in [3.63, 3.8) is 0 Å². The Bertz CT molecular complexity index is 321. The number of thioether (sulfide) groups is 1. The van der Waals surface area contributed by atoms with Gasteiger partial charge in [-0.1, -0.05) is 18.2 Å². The van der Waals surface area contributed by atoms with Crippen molar-refractivity contribution in [2.75, 3.05) is 11.5 Å². The molecular weight excluding hydrogens is 208 g/mol. The molecule has 0 saturated carbocycles. The SMILES string of the molecule is Oc1ccccc1C(O)C1CCCSC1. The summed E-state index contributed by atoms with van der Waals surface area (Å²) in [4.78, 5) is 0. The number of aliphatic hydroxyl groups excluding tert-OH is 1. The van der Waals surface area contributed by atoms with E-state index in [4.69, 9.17) is 0 Å². The Morgan fingerprint density at radius 2 is 2.13 bits per heavy atom. The van der Waals surface area contributed by atoms with E-state index in [1.54, 1.807) is 18.2 Å². The van der Waals surface area contributed by atoms with Crippen molar-refractivity contribution in [1.82, 2.24) is 0 Å². The fourth-order valence-corrected chi connectivity index (χ4v) is 3.20. The Balaban J connectivity index is 2.12. The van der Waals surface area contributed by atoms with Crippen LogP contribution in [0, 0.1) is 5.92 Å². The summed E-state index contributed by atoms with van der Waals surface area (Å²) in [5.74, 6) is 2.69. The van der Waals surface area contributed by atoms with E-state index >= 15 is 0 Å². The second-order valence-corrected chi connectivity index (χ2v) is 5.13. The van der Waals surface area contributed by atoms with Crippen LogP contribution in [0.25, 0.3) is 0 Å². The topological polar surface area (TPSA) is 40.5 Å². The molecule has 0 aliphatic carbocycles. The van der Waals surface area contributed by atoms with Crippen LogP contribution in [0.1, 0.15) is 24.5 Å². The summed E-state index contributed by atoms with van der Waals surface area (Å²) in [6.45, 7) is 0. The number of aliphatic hydroxyl groups is 1. The van der Waals surface area contributed by atoms with Crippen molar-refractivity contribution in [3.05, 3.63) is 29.8 Å². The molecular formula is C12H16O2S. The molecule has 1 aromatic rings. The van der Waals surface area contributed by atoms with E-state index in [1.165, 1.54) is 12.2 Å². The maximum Gasteiger partial charge on any atom is 0.121 e. The summed E-state index contributed by atoms with van der Waals surface area (Å²) >= 11 is 1.89. The third kappa shape index (κ3) is 2.47. The molecule has 1 aromatic carbocycles. The summed E-state index contributed by atoms with van der Waals surface area (Å²) in [7, 11) is 0. The first-order chi connectivity index (χ1) is 7.29. The second-order valence-electron chi connectivity index (χ2n) is 3.98. The third-order valence-electron chi connectivity index (χ3n) is 2.90. The number of rotatable bonds is 2. The summed E-state index contributed by atoms with van der Waals surface area (Å²) in [5.41, 5.74) is 0.671. The Morgan fingerprint density at radius 1 is 1.33 bits per heavy atom. The minimum atomic E-state index is -0.515. The molecule has 0 aromatic heterocycles. The predicted molar refractivity (Wildman–Crippen MR) is 63.1 cm³/mol. The Morgan fingerprint density at radius 3 is 2.80 bits per heavy atom. The fraction of sp³-hybridized carbons (Fsp3) is 0.500. The standard InChI is InChI=1S/C12H16O2S/c13-11-6-2-1-5-10(11)12(14)9-4-3-7-15-8-9/h1-2,5-6,9,12-14H,3-4,7-8H2. The van der Waals surface area contributed by atoms with Crippen LogP contribution in [-0.4, -0.2) is 21.7 Å². The van der Waals surface area contributed by atoms with Gasteiger partial charge in [0.25, 0.3) is 0 Å².